The molecule has 0 saturated heterocycles. The van der Waals surface area contributed by atoms with E-state index in [2.05, 4.69) is 0 Å². The molecule has 0 aliphatic carbocycles. The van der Waals surface area contributed by atoms with E-state index in [4.69, 9.17) is 26.6 Å². The third-order valence-electron chi connectivity index (χ3n) is 0. The molecule has 2 unspecified atom stereocenters. The molecule has 9 heteroatoms. The summed E-state index contributed by atoms with van der Waals surface area (Å²) in [6, 6.07) is 0. The van der Waals surface area contributed by atoms with Gasteiger partial charge in [-0.25, -0.2) is 8.42 Å². The molecule has 0 radical (unpaired) electrons. The van der Waals surface area contributed by atoms with Gasteiger partial charge in [-0.05, 0) is 0 Å². The van der Waals surface area contributed by atoms with Crippen LogP contribution in [0.2, 0.25) is 0 Å². The van der Waals surface area contributed by atoms with Crippen molar-refractivity contribution < 1.29 is 26.6 Å². The second-order valence-corrected chi connectivity index (χ2v) is 1.30. The molecule has 0 aliphatic rings. The molecule has 0 bridgehead atoms. The van der Waals surface area contributed by atoms with Gasteiger partial charge in [0.2, 0.25) is 0 Å². The summed E-state index contributed by atoms with van der Waals surface area (Å²) in [6.07, 6.45) is 0. The maximum absolute atomic E-state index is 8.56. The van der Waals surface area contributed by atoms with Gasteiger partial charge in [0.05, 0.1) is 22.7 Å². The molecule has 2 N–H and O–H groups in total. The maximum Gasteiger partial charge on any atom is 2.00 e. The van der Waals surface area contributed by atoms with E-state index < -0.39 is 22.7 Å². The third-order valence-corrected chi connectivity index (χ3v) is 0. The van der Waals surface area contributed by atoms with Crippen LogP contribution in [0.3, 0.4) is 0 Å². The fourth-order valence-corrected chi connectivity index (χ4v) is 0. The van der Waals surface area contributed by atoms with Crippen molar-refractivity contribution in [2.24, 2.45) is 0 Å². The summed E-state index contributed by atoms with van der Waals surface area (Å²) in [4.78, 5) is 0. The topological polar surface area (TPSA) is 121 Å². The van der Waals surface area contributed by atoms with Crippen molar-refractivity contribution >= 4 is 68.2 Å². The first-order valence-electron chi connectivity index (χ1n) is 1.03. The van der Waals surface area contributed by atoms with Crippen molar-refractivity contribution in [1.82, 2.24) is 0 Å². The zero-order valence-electron chi connectivity index (χ0n) is 4.05. The molecule has 0 saturated carbocycles. The Morgan fingerprint density at radius 1 is 1.00 bits per heavy atom. The van der Waals surface area contributed by atoms with Gasteiger partial charge in [-0.15, -0.1) is 0 Å². The predicted molar refractivity (Wildman–Crippen MR) is 28.9 cm³/mol. The van der Waals surface area contributed by atoms with Crippen LogP contribution in [0.1, 0.15) is 0 Å². The van der Waals surface area contributed by atoms with Crippen molar-refractivity contribution in [1.29, 1.82) is 0 Å². The number of rotatable bonds is 0. The van der Waals surface area contributed by atoms with E-state index in [1.165, 1.54) is 0 Å². The van der Waals surface area contributed by atoms with Crippen LogP contribution in [0.4, 0.5) is 0 Å². The van der Waals surface area contributed by atoms with Crippen LogP contribution in [-0.2, 0) is 22.7 Å². The van der Waals surface area contributed by atoms with Crippen molar-refractivity contribution in [3.63, 3.8) is 0 Å². The summed E-state index contributed by atoms with van der Waals surface area (Å²) in [5.74, 6) is 0. The van der Waals surface area contributed by atoms with Gasteiger partial charge < -0.3 is 18.2 Å². The van der Waals surface area contributed by atoms with Gasteiger partial charge in [-0.1, -0.05) is 0 Å². The normalized spacial score (nSPS) is 13.8. The Kier molecular flexibility index (Phi) is 23.2. The Morgan fingerprint density at radius 2 is 1.00 bits per heavy atom. The first-order valence-corrected chi connectivity index (χ1v) is 3.10. The van der Waals surface area contributed by atoms with Gasteiger partial charge in [0.25, 0.3) is 0 Å². The van der Waals surface area contributed by atoms with Gasteiger partial charge in [0, 0.05) is 0 Å². The average Bonchev–Trinajstić information content (AvgIpc) is 1.25. The summed E-state index contributed by atoms with van der Waals surface area (Å²) >= 11 is -5.72. The van der Waals surface area contributed by atoms with Crippen molar-refractivity contribution in [2.75, 3.05) is 0 Å². The minimum Gasteiger partial charge on any atom is -0.750 e. The van der Waals surface area contributed by atoms with E-state index in [0.717, 1.165) is 0 Å². The van der Waals surface area contributed by atoms with Crippen molar-refractivity contribution in [3.8, 4) is 0 Å². The molecule has 0 aromatic rings. The van der Waals surface area contributed by atoms with Crippen LogP contribution in [0.25, 0.3) is 0 Å². The van der Waals surface area contributed by atoms with Crippen LogP contribution >= 0.6 is 0 Å². The van der Waals surface area contributed by atoms with E-state index in [-0.39, 0.29) is 45.5 Å². The van der Waals surface area contributed by atoms with Crippen LogP contribution in [0, 0.1) is 0 Å². The van der Waals surface area contributed by atoms with Gasteiger partial charge in [0.15, 0.2) is 0 Å². The quantitative estimate of drug-likeness (QED) is 0.390. The zero-order valence-corrected chi connectivity index (χ0v) is 9.16. The summed E-state index contributed by atoms with van der Waals surface area (Å²) in [5.41, 5.74) is 0. The molecule has 0 heterocycles. The van der Waals surface area contributed by atoms with E-state index in [0.29, 0.717) is 0 Å². The van der Waals surface area contributed by atoms with E-state index in [9.17, 15) is 0 Å². The van der Waals surface area contributed by atoms with Crippen LogP contribution in [-0.4, -0.2) is 72.1 Å². The molecule has 0 aromatic heterocycles. The summed E-state index contributed by atoms with van der Waals surface area (Å²) in [5, 5.41) is 0. The smallest absolute Gasteiger partial charge is 0.750 e. The van der Waals surface area contributed by atoms with Crippen LogP contribution < -0.4 is 0 Å². The Hall–Kier alpha value is 1.62. The molecule has 0 aliphatic heterocycles. The monoisotopic (exact) mass is 250 g/mol. The van der Waals surface area contributed by atoms with E-state index in [1.807, 2.05) is 0 Å². The molecule has 9 heavy (non-hydrogen) atoms. The van der Waals surface area contributed by atoms with Gasteiger partial charge in [0.1, 0.15) is 0 Å². The summed E-state index contributed by atoms with van der Waals surface area (Å²) < 4.78 is 48.2. The van der Waals surface area contributed by atoms with Crippen LogP contribution in [0.5, 0.6) is 0 Å². The molecule has 0 fully saturated rings. The molecular weight excluding hydrogens is 248 g/mol. The Morgan fingerprint density at radius 3 is 1.00 bits per heavy atom. The fraction of sp³-hybridized carbons (Fsp3) is 0. The standard InChI is InChI=1S/2H2O3S.Sr/c2*1-4(2)3;/h2*(H2,1,2,3);/q;;+2/p-2. The molecule has 0 aromatic carbocycles. The Balaban J connectivity index is -0.0000000720. The van der Waals surface area contributed by atoms with Gasteiger partial charge in [-0.3, -0.25) is 0 Å². The Bertz CT molecular complexity index is 69.1. The first-order chi connectivity index (χ1) is 3.46. The number of hydrogen-bond donors (Lipinski definition) is 2. The average molecular weight is 250 g/mol. The molecule has 0 amide bonds. The fourth-order valence-electron chi connectivity index (χ4n) is 0. The molecule has 6 nitrogen and oxygen atoms in total. The van der Waals surface area contributed by atoms with Gasteiger partial charge in [-0.2, -0.15) is 0 Å². The van der Waals surface area contributed by atoms with Crippen molar-refractivity contribution in [3.05, 3.63) is 0 Å². The van der Waals surface area contributed by atoms with Gasteiger partial charge >= 0.3 is 45.5 Å². The Labute approximate surface area is 93.5 Å². The molecule has 0 rings (SSSR count). The van der Waals surface area contributed by atoms with E-state index >= 15 is 0 Å². The SMILES string of the molecule is O=S([O-])O.O=S([O-])O.[Sr+2]. The minimum atomic E-state index is -2.86. The summed E-state index contributed by atoms with van der Waals surface area (Å²) in [6.45, 7) is 0. The number of hydrogen-bond acceptors (Lipinski definition) is 4. The van der Waals surface area contributed by atoms with Crippen LogP contribution in [0.15, 0.2) is 0 Å². The molecular formula is H2O6S2Sr. The molecule has 2 atom stereocenters. The first kappa shape index (κ1) is 16.9. The maximum atomic E-state index is 8.56. The molecule has 52 valence electrons. The predicted octanol–water partition coefficient (Wildman–Crippen LogP) is -1.70. The summed E-state index contributed by atoms with van der Waals surface area (Å²) in [7, 11) is 0. The third kappa shape index (κ3) is 213. The largest absolute Gasteiger partial charge is 2.00 e. The second-order valence-electron chi connectivity index (χ2n) is 0.434. The zero-order chi connectivity index (χ0) is 7.15. The minimum absolute atomic E-state index is 0. The second kappa shape index (κ2) is 12.3. The molecule has 0 spiro atoms. The van der Waals surface area contributed by atoms with E-state index in [1.54, 1.807) is 0 Å². The van der Waals surface area contributed by atoms with Crippen molar-refractivity contribution in [2.45, 2.75) is 0 Å².